The average molecular weight is 393 g/mol. The third-order valence-electron chi connectivity index (χ3n) is 1.91. The lowest BCUT2D eigenvalue weighted by Crippen LogP contribution is -2.49. The number of alkyl halides is 6. The largest absolute Gasteiger partial charge is 0.517 e. The van der Waals surface area contributed by atoms with Gasteiger partial charge in [0.2, 0.25) is 0 Å². The van der Waals surface area contributed by atoms with E-state index in [1.54, 1.807) is 0 Å². The third kappa shape index (κ3) is 3.22. The van der Waals surface area contributed by atoms with Crippen molar-refractivity contribution in [1.29, 1.82) is 0 Å². The summed E-state index contributed by atoms with van der Waals surface area (Å²) >= 11 is 5.23. The van der Waals surface area contributed by atoms with Gasteiger partial charge in [0.1, 0.15) is 5.15 Å². The molecule has 0 atom stereocenters. The molecule has 0 saturated carbocycles. The molecule has 15 heteroatoms. The summed E-state index contributed by atoms with van der Waals surface area (Å²) in [5, 5.41) is -0.725. The number of nitrogens with zero attached hydrogens (tertiary/aromatic N) is 2. The fourth-order valence-electron chi connectivity index (χ4n) is 1.06. The highest BCUT2D eigenvalue weighted by molar-refractivity contribution is 8.11. The van der Waals surface area contributed by atoms with Crippen molar-refractivity contribution in [3.63, 3.8) is 0 Å². The lowest BCUT2D eigenvalue weighted by Gasteiger charge is -2.24. The fraction of sp³-hybridized carbons (Fsp3) is 0.286. The first kappa shape index (κ1) is 18.8. The highest BCUT2D eigenvalue weighted by Crippen LogP contribution is 2.38. The lowest BCUT2D eigenvalue weighted by atomic mass is 10.5. The van der Waals surface area contributed by atoms with Gasteiger partial charge in [-0.25, -0.2) is 4.98 Å². The fourth-order valence-corrected chi connectivity index (χ4v) is 3.83. The zero-order valence-corrected chi connectivity index (χ0v) is 12.1. The lowest BCUT2D eigenvalue weighted by molar-refractivity contribution is -0.0462. The van der Waals surface area contributed by atoms with E-state index < -0.39 is 45.7 Å². The highest BCUT2D eigenvalue weighted by Gasteiger charge is 2.62. The minimum Gasteiger partial charge on any atom is -0.217 e. The van der Waals surface area contributed by atoms with E-state index in [0.29, 0.717) is 6.07 Å². The van der Waals surface area contributed by atoms with Gasteiger partial charge in [0.25, 0.3) is 0 Å². The molecule has 0 aliphatic carbocycles. The van der Waals surface area contributed by atoms with Crippen molar-refractivity contribution in [1.82, 2.24) is 4.98 Å². The minimum absolute atomic E-state index is 0.304. The number of hydrogen-bond acceptors (Lipinski definition) is 5. The van der Waals surface area contributed by atoms with Gasteiger partial charge in [-0.05, 0) is 12.1 Å². The summed E-state index contributed by atoms with van der Waals surface area (Å²) < 4.78 is 118. The summed E-state index contributed by atoms with van der Waals surface area (Å²) in [4.78, 5) is 2.87. The Hall–Kier alpha value is -1.28. The van der Waals surface area contributed by atoms with Crippen molar-refractivity contribution >= 4 is 37.5 Å². The topological polar surface area (TPSA) is 84.4 Å². The quantitative estimate of drug-likeness (QED) is 0.582. The number of aromatic nitrogens is 1. The Labute approximate surface area is 124 Å². The van der Waals surface area contributed by atoms with Gasteiger partial charge in [-0.1, -0.05) is 17.7 Å². The molecule has 1 aromatic rings. The molecule has 0 aliphatic heterocycles. The van der Waals surface area contributed by atoms with Gasteiger partial charge in [0, 0.05) is 0 Å². The first-order chi connectivity index (χ1) is 9.62. The van der Waals surface area contributed by atoms with Gasteiger partial charge in [-0.15, -0.1) is 3.71 Å². The maximum atomic E-state index is 12.5. The molecule has 1 heterocycles. The molecule has 22 heavy (non-hydrogen) atoms. The Kier molecular flexibility index (Phi) is 4.62. The molecule has 0 spiro atoms. The van der Waals surface area contributed by atoms with Gasteiger partial charge in [-0.3, -0.25) is 0 Å². The Morgan fingerprint density at radius 3 is 1.64 bits per heavy atom. The van der Waals surface area contributed by atoms with Crippen molar-refractivity contribution in [3.05, 3.63) is 23.4 Å². The van der Waals surface area contributed by atoms with Gasteiger partial charge < -0.3 is 0 Å². The zero-order valence-electron chi connectivity index (χ0n) is 9.72. The molecule has 1 rings (SSSR count). The van der Waals surface area contributed by atoms with Crippen molar-refractivity contribution in [2.24, 2.45) is 0 Å². The van der Waals surface area contributed by atoms with Crippen LogP contribution in [0.2, 0.25) is 5.15 Å². The summed E-state index contributed by atoms with van der Waals surface area (Å²) in [5.74, 6) is -1.68. The Balaban J connectivity index is 3.78. The normalized spacial score (nSPS) is 14.0. The molecular weight excluding hydrogens is 390 g/mol. The highest BCUT2D eigenvalue weighted by atomic mass is 35.5. The third-order valence-corrected chi connectivity index (χ3v) is 5.71. The molecule has 0 aromatic carbocycles. The number of sulfonamides is 2. The molecule has 6 nitrogen and oxygen atoms in total. The SMILES string of the molecule is O=S(=O)(N(c1cccc(Cl)n1)S(=O)(=O)C(F)(F)F)C(F)(F)F. The monoisotopic (exact) mass is 392 g/mol. The summed E-state index contributed by atoms with van der Waals surface area (Å²) in [5.41, 5.74) is -12.6. The van der Waals surface area contributed by atoms with E-state index in [4.69, 9.17) is 11.6 Å². The maximum Gasteiger partial charge on any atom is 0.517 e. The Morgan fingerprint density at radius 1 is 0.909 bits per heavy atom. The average Bonchev–Trinajstić information content (AvgIpc) is 2.24. The van der Waals surface area contributed by atoms with Gasteiger partial charge >= 0.3 is 31.1 Å². The first-order valence-electron chi connectivity index (χ1n) is 4.68. The molecule has 0 saturated heterocycles. The van der Waals surface area contributed by atoms with Crippen molar-refractivity contribution in [3.8, 4) is 0 Å². The van der Waals surface area contributed by atoms with Crippen LogP contribution in [-0.4, -0.2) is 32.8 Å². The van der Waals surface area contributed by atoms with Crippen LogP contribution in [0, 0.1) is 0 Å². The summed E-state index contributed by atoms with van der Waals surface area (Å²) in [6.07, 6.45) is 0. The van der Waals surface area contributed by atoms with Crippen LogP contribution in [0.1, 0.15) is 0 Å². The predicted molar refractivity (Wildman–Crippen MR) is 61.7 cm³/mol. The molecule has 0 radical (unpaired) electrons. The molecule has 0 amide bonds. The number of rotatable bonds is 3. The molecule has 126 valence electrons. The zero-order chi connectivity index (χ0) is 17.6. The number of pyridine rings is 1. The summed E-state index contributed by atoms with van der Waals surface area (Å²) in [6.45, 7) is 0. The van der Waals surface area contributed by atoms with Gasteiger partial charge in [0.05, 0.1) is 0 Å². The van der Waals surface area contributed by atoms with Crippen LogP contribution in [0.5, 0.6) is 0 Å². The van der Waals surface area contributed by atoms with E-state index in [1.165, 1.54) is 0 Å². The van der Waals surface area contributed by atoms with Crippen molar-refractivity contribution in [2.45, 2.75) is 11.0 Å². The molecule has 1 aromatic heterocycles. The van der Waals surface area contributed by atoms with Gasteiger partial charge in [0.15, 0.2) is 5.82 Å². The van der Waals surface area contributed by atoms with Crippen molar-refractivity contribution < 1.29 is 43.2 Å². The number of hydrogen-bond donors (Lipinski definition) is 0. The van der Waals surface area contributed by atoms with Crippen LogP contribution < -0.4 is 3.71 Å². The van der Waals surface area contributed by atoms with Crippen LogP contribution in [0.4, 0.5) is 32.2 Å². The van der Waals surface area contributed by atoms with Crippen molar-refractivity contribution in [2.75, 3.05) is 3.71 Å². The van der Waals surface area contributed by atoms with E-state index in [2.05, 4.69) is 4.98 Å². The van der Waals surface area contributed by atoms with Crippen LogP contribution in [0.15, 0.2) is 18.2 Å². The summed E-state index contributed by atoms with van der Waals surface area (Å²) in [6, 6.07) is 1.90. The van der Waals surface area contributed by atoms with Gasteiger partial charge in [-0.2, -0.15) is 43.2 Å². The smallest absolute Gasteiger partial charge is 0.217 e. The molecule has 0 N–H and O–H groups in total. The standard InChI is InChI=1S/C7H3ClF6N2O4S2/c8-4-2-1-3-5(15-4)16(21(17,18)6(9,10)11)22(19,20)7(12,13)14/h1-3H. The second kappa shape index (κ2) is 5.42. The van der Waals surface area contributed by atoms with Crippen LogP contribution in [-0.2, 0) is 20.0 Å². The maximum absolute atomic E-state index is 12.5. The second-order valence-corrected chi connectivity index (χ2v) is 7.59. The van der Waals surface area contributed by atoms with E-state index in [9.17, 15) is 43.2 Å². The van der Waals surface area contributed by atoms with Crippen LogP contribution in [0.3, 0.4) is 0 Å². The molecule has 0 bridgehead atoms. The van der Waals surface area contributed by atoms with E-state index in [0.717, 1.165) is 12.1 Å². The predicted octanol–water partition coefficient (Wildman–Crippen LogP) is 2.24. The second-order valence-electron chi connectivity index (χ2n) is 3.42. The number of anilines is 1. The summed E-state index contributed by atoms with van der Waals surface area (Å²) in [7, 11) is -13.9. The van der Waals surface area contributed by atoms with E-state index >= 15 is 0 Å². The minimum atomic E-state index is -6.94. The van der Waals surface area contributed by atoms with E-state index in [-0.39, 0.29) is 0 Å². The first-order valence-corrected chi connectivity index (χ1v) is 7.94. The molecule has 0 fully saturated rings. The van der Waals surface area contributed by atoms with E-state index in [1.807, 2.05) is 0 Å². The number of halogens is 7. The molecule has 0 aliphatic rings. The Bertz CT molecular complexity index is 729. The molecular formula is C7H3ClF6N2O4S2. The Morgan fingerprint density at radius 2 is 1.32 bits per heavy atom. The molecule has 0 unspecified atom stereocenters. The van der Waals surface area contributed by atoms with Crippen LogP contribution in [0.25, 0.3) is 0 Å². The van der Waals surface area contributed by atoms with Crippen LogP contribution >= 0.6 is 11.6 Å².